The van der Waals surface area contributed by atoms with Crippen LogP contribution in [0.4, 0.5) is 0 Å². The Kier molecular flexibility index (Phi) is 4.19. The Hall–Kier alpha value is -1.62. The van der Waals surface area contributed by atoms with Gasteiger partial charge < -0.3 is 5.32 Å². The number of carbonyl (C=O) groups is 1. The number of hydrogen-bond donors (Lipinski definition) is 1. The van der Waals surface area contributed by atoms with Crippen LogP contribution in [-0.4, -0.2) is 26.7 Å². The Labute approximate surface area is 164 Å². The Morgan fingerprint density at radius 3 is 2.41 bits per heavy atom. The minimum atomic E-state index is -0.157. The maximum Gasteiger partial charge on any atom is 0.233 e. The fraction of sp³-hybridized carbons (Fsp3) is 0.591. The van der Waals surface area contributed by atoms with Gasteiger partial charge in [0.15, 0.2) is 0 Å². The highest BCUT2D eigenvalue weighted by Gasteiger charge is 2.51. The number of nitrogens with one attached hydrogen (secondary N) is 1. The molecular weight excluding hydrogens is 354 g/mol. The van der Waals surface area contributed by atoms with Gasteiger partial charge in [0, 0.05) is 10.9 Å². The van der Waals surface area contributed by atoms with Crippen molar-refractivity contribution in [1.82, 2.24) is 15.3 Å². The van der Waals surface area contributed by atoms with Crippen LogP contribution in [0, 0.1) is 24.7 Å². The van der Waals surface area contributed by atoms with Crippen molar-refractivity contribution >= 4 is 28.6 Å². The van der Waals surface area contributed by atoms with Crippen LogP contribution in [0.5, 0.6) is 0 Å². The average molecular weight is 382 g/mol. The fourth-order valence-corrected chi connectivity index (χ4v) is 7.08. The smallest absolute Gasteiger partial charge is 0.233 e. The van der Waals surface area contributed by atoms with E-state index < -0.39 is 0 Å². The summed E-state index contributed by atoms with van der Waals surface area (Å²) in [6, 6.07) is 8.05. The van der Waals surface area contributed by atoms with Crippen LogP contribution in [0.3, 0.4) is 0 Å². The summed E-state index contributed by atoms with van der Waals surface area (Å²) in [4.78, 5) is 22.2. The van der Waals surface area contributed by atoms with Gasteiger partial charge in [-0.1, -0.05) is 30.0 Å². The number of para-hydroxylation sites is 1. The van der Waals surface area contributed by atoms with Gasteiger partial charge in [0.25, 0.3) is 0 Å². The van der Waals surface area contributed by atoms with E-state index in [1.54, 1.807) is 11.8 Å². The molecule has 4 aliphatic carbocycles. The highest BCUT2D eigenvalue weighted by molar-refractivity contribution is 8.00. The van der Waals surface area contributed by atoms with E-state index in [9.17, 15) is 4.79 Å². The van der Waals surface area contributed by atoms with Crippen LogP contribution in [0.2, 0.25) is 0 Å². The summed E-state index contributed by atoms with van der Waals surface area (Å²) in [5.74, 6) is 3.45. The molecule has 4 bridgehead atoms. The number of aromatic nitrogens is 2. The lowest BCUT2D eigenvalue weighted by atomic mass is 9.53. The van der Waals surface area contributed by atoms with Crippen LogP contribution < -0.4 is 5.32 Å². The van der Waals surface area contributed by atoms with E-state index in [0.29, 0.717) is 0 Å². The molecule has 2 aromatic rings. The van der Waals surface area contributed by atoms with Crippen LogP contribution >= 0.6 is 11.8 Å². The molecule has 27 heavy (non-hydrogen) atoms. The van der Waals surface area contributed by atoms with Crippen molar-refractivity contribution in [3.63, 3.8) is 0 Å². The third kappa shape index (κ3) is 3.24. The van der Waals surface area contributed by atoms with Crippen molar-refractivity contribution in [3.8, 4) is 0 Å². The van der Waals surface area contributed by atoms with Gasteiger partial charge in [0.2, 0.25) is 5.91 Å². The molecule has 4 nitrogen and oxygen atoms in total. The molecule has 4 fully saturated rings. The molecule has 4 saturated carbocycles. The van der Waals surface area contributed by atoms with Crippen molar-refractivity contribution in [1.29, 1.82) is 0 Å². The summed E-state index contributed by atoms with van der Waals surface area (Å²) >= 11 is 1.56. The molecule has 1 heterocycles. The van der Waals surface area contributed by atoms with Crippen LogP contribution in [0.15, 0.2) is 29.3 Å². The minimum Gasteiger partial charge on any atom is -0.350 e. The van der Waals surface area contributed by atoms with Crippen LogP contribution in [-0.2, 0) is 4.79 Å². The summed E-state index contributed by atoms with van der Waals surface area (Å²) in [5, 5.41) is 5.29. The summed E-state index contributed by atoms with van der Waals surface area (Å²) in [7, 11) is 0. The second-order valence-electron chi connectivity index (χ2n) is 9.04. The monoisotopic (exact) mass is 381 g/mol. The Bertz CT molecular complexity index is 861. The quantitative estimate of drug-likeness (QED) is 0.626. The van der Waals surface area contributed by atoms with Gasteiger partial charge in [-0.05, 0) is 76.2 Å². The Morgan fingerprint density at radius 1 is 1.11 bits per heavy atom. The van der Waals surface area contributed by atoms with Crippen molar-refractivity contribution < 1.29 is 4.79 Å². The van der Waals surface area contributed by atoms with E-state index in [4.69, 9.17) is 0 Å². The molecular formula is C22H27N3OS. The van der Waals surface area contributed by atoms with Gasteiger partial charge in [0.05, 0.1) is 10.8 Å². The van der Waals surface area contributed by atoms with Crippen molar-refractivity contribution in [2.45, 2.75) is 68.2 Å². The SMILES string of the molecule is Cc1nc(S[C@@H](C)C(=O)NC23CC4CC(CC(C4)C2)C3)c2ccccc2n1. The van der Waals surface area contributed by atoms with Gasteiger partial charge in [-0.15, -0.1) is 0 Å². The van der Waals surface area contributed by atoms with E-state index in [-0.39, 0.29) is 16.7 Å². The average Bonchev–Trinajstić information content (AvgIpc) is 2.60. The molecule has 1 aromatic carbocycles. The van der Waals surface area contributed by atoms with Gasteiger partial charge >= 0.3 is 0 Å². The number of thioether (sulfide) groups is 1. The van der Waals surface area contributed by atoms with Crippen LogP contribution in [0.25, 0.3) is 10.9 Å². The van der Waals surface area contributed by atoms with E-state index in [0.717, 1.165) is 39.5 Å². The lowest BCUT2D eigenvalue weighted by Crippen LogP contribution is -2.60. The number of nitrogens with zero attached hydrogens (tertiary/aromatic N) is 2. The van der Waals surface area contributed by atoms with E-state index in [1.807, 2.05) is 38.1 Å². The second kappa shape index (κ2) is 6.47. The molecule has 0 saturated heterocycles. The number of benzene rings is 1. The zero-order chi connectivity index (χ0) is 18.6. The first-order chi connectivity index (χ1) is 13.0. The molecule has 1 aromatic heterocycles. The molecule has 0 aliphatic heterocycles. The fourth-order valence-electron chi connectivity index (χ4n) is 6.10. The first kappa shape index (κ1) is 17.5. The van der Waals surface area contributed by atoms with E-state index >= 15 is 0 Å². The second-order valence-corrected chi connectivity index (χ2v) is 10.4. The zero-order valence-electron chi connectivity index (χ0n) is 16.1. The van der Waals surface area contributed by atoms with Gasteiger partial charge in [-0.25, -0.2) is 9.97 Å². The normalized spacial score (nSPS) is 32.6. The maximum atomic E-state index is 13.1. The van der Waals surface area contributed by atoms with Gasteiger partial charge in [-0.3, -0.25) is 4.79 Å². The first-order valence-electron chi connectivity index (χ1n) is 10.2. The predicted octanol–water partition coefficient (Wildman–Crippen LogP) is 4.50. The van der Waals surface area contributed by atoms with Crippen molar-refractivity contribution in [2.24, 2.45) is 17.8 Å². The van der Waals surface area contributed by atoms with Crippen molar-refractivity contribution in [3.05, 3.63) is 30.1 Å². The Morgan fingerprint density at radius 2 is 1.74 bits per heavy atom. The summed E-state index contributed by atoms with van der Waals surface area (Å²) in [6.07, 6.45) is 7.76. The molecule has 0 spiro atoms. The molecule has 0 unspecified atom stereocenters. The molecule has 142 valence electrons. The molecule has 1 amide bonds. The number of fused-ring (bicyclic) bond motifs is 1. The number of amides is 1. The molecule has 5 heteroatoms. The molecule has 6 rings (SSSR count). The number of rotatable bonds is 4. The standard InChI is InChI=1S/C22H27N3OS/c1-13(27-21-18-5-3-4-6-19(18)23-14(2)24-21)20(26)25-22-10-15-7-16(11-22)9-17(8-15)12-22/h3-6,13,15-17H,7-12H2,1-2H3,(H,25,26)/t13-,15?,16?,17?,22?/m0/s1. The van der Waals surface area contributed by atoms with Gasteiger partial charge in [-0.2, -0.15) is 0 Å². The largest absolute Gasteiger partial charge is 0.350 e. The summed E-state index contributed by atoms with van der Waals surface area (Å²) in [5.41, 5.74) is 1.02. The molecule has 0 radical (unpaired) electrons. The molecule has 1 N–H and O–H groups in total. The number of hydrogen-bond acceptors (Lipinski definition) is 4. The molecule has 4 aliphatic rings. The highest BCUT2D eigenvalue weighted by Crippen LogP contribution is 2.55. The zero-order valence-corrected chi connectivity index (χ0v) is 16.9. The highest BCUT2D eigenvalue weighted by atomic mass is 32.2. The number of aryl methyl sites for hydroxylation is 1. The predicted molar refractivity (Wildman–Crippen MR) is 109 cm³/mol. The van der Waals surface area contributed by atoms with E-state index in [2.05, 4.69) is 15.3 Å². The van der Waals surface area contributed by atoms with Crippen LogP contribution in [0.1, 0.15) is 51.3 Å². The van der Waals surface area contributed by atoms with Gasteiger partial charge in [0.1, 0.15) is 10.9 Å². The third-order valence-corrected chi connectivity index (χ3v) is 7.87. The minimum absolute atomic E-state index is 0.0737. The Balaban J connectivity index is 1.33. The number of carbonyl (C=O) groups excluding carboxylic acids is 1. The van der Waals surface area contributed by atoms with E-state index in [1.165, 1.54) is 38.5 Å². The summed E-state index contributed by atoms with van der Waals surface area (Å²) in [6.45, 7) is 3.92. The molecule has 1 atom stereocenters. The first-order valence-corrected chi connectivity index (χ1v) is 11.1. The lowest BCUT2D eigenvalue weighted by Gasteiger charge is -2.57. The summed E-state index contributed by atoms with van der Waals surface area (Å²) < 4.78 is 0. The van der Waals surface area contributed by atoms with Crippen molar-refractivity contribution in [2.75, 3.05) is 0 Å². The topological polar surface area (TPSA) is 54.9 Å². The maximum absolute atomic E-state index is 13.1. The third-order valence-electron chi connectivity index (χ3n) is 6.76. The lowest BCUT2D eigenvalue weighted by molar-refractivity contribution is -0.126.